The normalized spacial score (nSPS) is 10.9. The molecule has 0 saturated heterocycles. The van der Waals surface area contributed by atoms with Gasteiger partial charge in [0.05, 0.1) is 27.4 Å². The molecule has 0 bridgehead atoms. The second-order valence-corrected chi connectivity index (χ2v) is 6.00. The van der Waals surface area contributed by atoms with Gasteiger partial charge in [0.25, 0.3) is 0 Å². The molecule has 0 saturated carbocycles. The quantitative estimate of drug-likeness (QED) is 0.331. The van der Waals surface area contributed by atoms with Gasteiger partial charge in [-0.1, -0.05) is 22.0 Å². The van der Waals surface area contributed by atoms with Crippen molar-refractivity contribution in [3.63, 3.8) is 0 Å². The smallest absolute Gasteiger partial charge is 0.328 e. The van der Waals surface area contributed by atoms with Crippen molar-refractivity contribution in [2.45, 2.75) is 32.1 Å². The van der Waals surface area contributed by atoms with Crippen LogP contribution < -0.4 is 9.47 Å². The average molecular weight is 417 g/mol. The third kappa shape index (κ3) is 4.66. The van der Waals surface area contributed by atoms with Gasteiger partial charge in [-0.3, -0.25) is 9.59 Å². The highest BCUT2D eigenvalue weighted by atomic mass is 79.9. The summed E-state index contributed by atoms with van der Waals surface area (Å²) < 4.78 is 21.0. The van der Waals surface area contributed by atoms with Crippen LogP contribution >= 0.6 is 15.9 Å². The standard InChI is InChI=1S/C18H25BrO6/c1-5-24-16(20)18(10-7-11-19,17(21)25-6-2)13-8-9-14(22-3)15(12-13)23-4/h8-9,12H,5-7,10-11H2,1-4H3. The molecule has 0 radical (unpaired) electrons. The van der Waals surface area contributed by atoms with Gasteiger partial charge >= 0.3 is 11.9 Å². The van der Waals surface area contributed by atoms with Crippen molar-refractivity contribution in [2.24, 2.45) is 0 Å². The largest absolute Gasteiger partial charge is 0.493 e. The molecule has 25 heavy (non-hydrogen) atoms. The van der Waals surface area contributed by atoms with Crippen LogP contribution in [-0.4, -0.2) is 44.7 Å². The Morgan fingerprint density at radius 3 is 2.00 bits per heavy atom. The van der Waals surface area contributed by atoms with E-state index in [9.17, 15) is 9.59 Å². The summed E-state index contributed by atoms with van der Waals surface area (Å²) in [5.74, 6) is -0.312. The Morgan fingerprint density at radius 2 is 1.56 bits per heavy atom. The van der Waals surface area contributed by atoms with Crippen molar-refractivity contribution in [1.29, 1.82) is 0 Å². The average Bonchev–Trinajstić information content (AvgIpc) is 2.62. The lowest BCUT2D eigenvalue weighted by Gasteiger charge is -2.30. The number of carbonyl (C=O) groups is 2. The van der Waals surface area contributed by atoms with Gasteiger partial charge in [0, 0.05) is 5.33 Å². The van der Waals surface area contributed by atoms with Crippen molar-refractivity contribution in [3.8, 4) is 11.5 Å². The first-order valence-electron chi connectivity index (χ1n) is 8.14. The lowest BCUT2D eigenvalue weighted by atomic mass is 9.76. The highest BCUT2D eigenvalue weighted by molar-refractivity contribution is 9.09. The Morgan fingerprint density at radius 1 is 1.00 bits per heavy atom. The molecule has 0 aliphatic rings. The number of ether oxygens (including phenoxy) is 4. The van der Waals surface area contributed by atoms with Crippen LogP contribution in [0, 0.1) is 0 Å². The van der Waals surface area contributed by atoms with E-state index in [0.717, 1.165) is 0 Å². The van der Waals surface area contributed by atoms with Crippen LogP contribution in [0.1, 0.15) is 32.3 Å². The van der Waals surface area contributed by atoms with Crippen molar-refractivity contribution in [1.82, 2.24) is 0 Å². The fraction of sp³-hybridized carbons (Fsp3) is 0.556. The predicted octanol–water partition coefficient (Wildman–Crippen LogP) is 3.24. The van der Waals surface area contributed by atoms with Gasteiger partial charge in [-0.15, -0.1) is 0 Å². The maximum atomic E-state index is 12.8. The zero-order valence-electron chi connectivity index (χ0n) is 15.1. The summed E-state index contributed by atoms with van der Waals surface area (Å²) >= 11 is 3.35. The molecule has 140 valence electrons. The van der Waals surface area contributed by atoms with Gasteiger partial charge < -0.3 is 18.9 Å². The fourth-order valence-corrected chi connectivity index (χ4v) is 2.89. The number of benzene rings is 1. The van der Waals surface area contributed by atoms with Crippen molar-refractivity contribution in [3.05, 3.63) is 23.8 Å². The minimum absolute atomic E-state index is 0.168. The third-order valence-electron chi connectivity index (χ3n) is 3.81. The number of halogens is 1. The minimum Gasteiger partial charge on any atom is -0.493 e. The van der Waals surface area contributed by atoms with Gasteiger partial charge in [-0.25, -0.2) is 0 Å². The van der Waals surface area contributed by atoms with E-state index in [-0.39, 0.29) is 19.6 Å². The molecule has 6 nitrogen and oxygen atoms in total. The first kappa shape index (κ1) is 21.3. The number of methoxy groups -OCH3 is 2. The van der Waals surface area contributed by atoms with Gasteiger partial charge in [0.2, 0.25) is 0 Å². The monoisotopic (exact) mass is 416 g/mol. The molecule has 0 aliphatic heterocycles. The van der Waals surface area contributed by atoms with Gasteiger partial charge in [-0.05, 0) is 44.4 Å². The molecule has 0 aromatic heterocycles. The Kier molecular flexibility index (Phi) is 8.75. The number of rotatable bonds is 10. The Labute approximate surface area is 156 Å². The predicted molar refractivity (Wildman–Crippen MR) is 97.5 cm³/mol. The third-order valence-corrected chi connectivity index (χ3v) is 4.37. The van der Waals surface area contributed by atoms with Crippen LogP contribution in [0.25, 0.3) is 0 Å². The molecule has 0 aliphatic carbocycles. The number of carbonyl (C=O) groups excluding carboxylic acids is 2. The second kappa shape index (κ2) is 10.3. The second-order valence-electron chi connectivity index (χ2n) is 5.21. The van der Waals surface area contributed by atoms with Crippen LogP contribution in [0.15, 0.2) is 18.2 Å². The molecule has 7 heteroatoms. The maximum Gasteiger partial charge on any atom is 0.328 e. The Hall–Kier alpha value is -1.76. The summed E-state index contributed by atoms with van der Waals surface area (Å²) in [6, 6.07) is 4.96. The van der Waals surface area contributed by atoms with Crippen LogP contribution in [-0.2, 0) is 24.5 Å². The fourth-order valence-electron chi connectivity index (χ4n) is 2.61. The summed E-state index contributed by atoms with van der Waals surface area (Å²) in [7, 11) is 3.02. The molecule has 0 heterocycles. The number of esters is 2. The van der Waals surface area contributed by atoms with Gasteiger partial charge in [0.15, 0.2) is 16.9 Å². The maximum absolute atomic E-state index is 12.8. The molecule has 0 spiro atoms. The highest BCUT2D eigenvalue weighted by Gasteiger charge is 2.50. The van der Waals surface area contributed by atoms with E-state index in [1.807, 2.05) is 0 Å². The highest BCUT2D eigenvalue weighted by Crippen LogP contribution is 2.38. The molecule has 1 aromatic carbocycles. The summed E-state index contributed by atoms with van der Waals surface area (Å²) in [6.45, 7) is 3.74. The summed E-state index contributed by atoms with van der Waals surface area (Å²) in [6.07, 6.45) is 0.845. The summed E-state index contributed by atoms with van der Waals surface area (Å²) in [5.41, 5.74) is -1.08. The summed E-state index contributed by atoms with van der Waals surface area (Å²) in [5, 5.41) is 0.640. The van der Waals surface area contributed by atoms with Crippen LogP contribution in [0.4, 0.5) is 0 Å². The molecule has 0 atom stereocenters. The zero-order chi connectivity index (χ0) is 18.9. The van der Waals surface area contributed by atoms with Crippen LogP contribution in [0.3, 0.4) is 0 Å². The molecule has 0 N–H and O–H groups in total. The van der Waals surface area contributed by atoms with E-state index in [0.29, 0.717) is 28.8 Å². The topological polar surface area (TPSA) is 71.1 Å². The van der Waals surface area contributed by atoms with Crippen molar-refractivity contribution < 1.29 is 28.5 Å². The van der Waals surface area contributed by atoms with Crippen LogP contribution in [0.2, 0.25) is 0 Å². The zero-order valence-corrected chi connectivity index (χ0v) is 16.7. The van der Waals surface area contributed by atoms with E-state index in [1.54, 1.807) is 32.0 Å². The number of hydrogen-bond donors (Lipinski definition) is 0. The molecular weight excluding hydrogens is 392 g/mol. The number of hydrogen-bond acceptors (Lipinski definition) is 6. The molecule has 0 amide bonds. The van der Waals surface area contributed by atoms with E-state index in [1.165, 1.54) is 14.2 Å². The number of alkyl halides is 1. The first-order chi connectivity index (χ1) is 12.0. The van der Waals surface area contributed by atoms with E-state index in [2.05, 4.69) is 15.9 Å². The van der Waals surface area contributed by atoms with Crippen molar-refractivity contribution >= 4 is 27.9 Å². The van der Waals surface area contributed by atoms with E-state index < -0.39 is 17.4 Å². The SMILES string of the molecule is CCOC(=O)C(CCCBr)(C(=O)OCC)c1ccc(OC)c(OC)c1. The van der Waals surface area contributed by atoms with Crippen LogP contribution in [0.5, 0.6) is 11.5 Å². The summed E-state index contributed by atoms with van der Waals surface area (Å²) in [4.78, 5) is 25.7. The lowest BCUT2D eigenvalue weighted by molar-refractivity contribution is -0.165. The van der Waals surface area contributed by atoms with Crippen molar-refractivity contribution in [2.75, 3.05) is 32.8 Å². The lowest BCUT2D eigenvalue weighted by Crippen LogP contribution is -2.46. The first-order valence-corrected chi connectivity index (χ1v) is 9.26. The van der Waals surface area contributed by atoms with Gasteiger partial charge in [0.1, 0.15) is 0 Å². The molecule has 1 aromatic rings. The molecular formula is C18H25BrO6. The molecule has 0 fully saturated rings. The van der Waals surface area contributed by atoms with Gasteiger partial charge in [-0.2, -0.15) is 0 Å². The van der Waals surface area contributed by atoms with E-state index >= 15 is 0 Å². The minimum atomic E-state index is -1.54. The molecule has 1 rings (SSSR count). The Balaban J connectivity index is 3.55. The Bertz CT molecular complexity index is 569. The molecule has 0 unspecified atom stereocenters. The van der Waals surface area contributed by atoms with E-state index in [4.69, 9.17) is 18.9 Å².